The van der Waals surface area contributed by atoms with Gasteiger partial charge in [-0.3, -0.25) is 9.69 Å². The molecule has 1 amide bonds. The summed E-state index contributed by atoms with van der Waals surface area (Å²) in [4.78, 5) is 41.2. The van der Waals surface area contributed by atoms with Gasteiger partial charge in [-0.25, -0.2) is 18.4 Å². The first-order valence-electron chi connectivity index (χ1n) is 14.0. The van der Waals surface area contributed by atoms with E-state index >= 15 is 4.39 Å². The second kappa shape index (κ2) is 13.4. The first-order chi connectivity index (χ1) is 20.0. The summed E-state index contributed by atoms with van der Waals surface area (Å²) in [6.07, 6.45) is -1.93. The number of rotatable bonds is 11. The SMILES string of the molecule is CN(C(=O)OC(C)(C)C)[C@](CC(C)(C)F)(C(=O)O)[C@@H](Cc1ccc(-c2ccc(F)cc2)cc1)C(=O)OCc1ccccc1. The molecule has 0 saturated carbocycles. The number of halogens is 2. The van der Waals surface area contributed by atoms with E-state index in [1.807, 2.05) is 0 Å². The van der Waals surface area contributed by atoms with Gasteiger partial charge < -0.3 is 14.6 Å². The first kappa shape index (κ1) is 33.2. The number of carbonyl (C=O) groups is 3. The molecule has 0 aromatic heterocycles. The number of alkyl halides is 1. The molecule has 0 fully saturated rings. The molecule has 0 saturated heterocycles. The van der Waals surface area contributed by atoms with E-state index in [4.69, 9.17) is 9.47 Å². The van der Waals surface area contributed by atoms with E-state index in [-0.39, 0.29) is 18.8 Å². The number of carboxylic acids is 1. The second-order valence-electron chi connectivity index (χ2n) is 12.2. The highest BCUT2D eigenvalue weighted by Crippen LogP contribution is 2.39. The van der Waals surface area contributed by atoms with Crippen LogP contribution in [0.3, 0.4) is 0 Å². The summed E-state index contributed by atoms with van der Waals surface area (Å²) in [5.41, 5.74) is -2.73. The number of benzene rings is 3. The Morgan fingerprint density at radius 1 is 0.837 bits per heavy atom. The van der Waals surface area contributed by atoms with Crippen molar-refractivity contribution in [3.8, 4) is 11.1 Å². The van der Waals surface area contributed by atoms with Crippen molar-refractivity contribution < 1.29 is 37.7 Å². The number of amides is 1. The lowest BCUT2D eigenvalue weighted by Gasteiger charge is -2.44. The molecule has 0 spiro atoms. The average molecular weight is 596 g/mol. The van der Waals surface area contributed by atoms with Crippen LogP contribution in [-0.2, 0) is 32.1 Å². The van der Waals surface area contributed by atoms with Crippen molar-refractivity contribution in [2.24, 2.45) is 5.92 Å². The number of carbonyl (C=O) groups excluding carboxylic acids is 2. The number of carboxylic acid groups (broad SMARTS) is 1. The Hall–Kier alpha value is -4.27. The summed E-state index contributed by atoms with van der Waals surface area (Å²) in [5, 5.41) is 10.7. The molecule has 2 atom stereocenters. The van der Waals surface area contributed by atoms with Gasteiger partial charge in [0.15, 0.2) is 5.54 Å². The third-order valence-corrected chi connectivity index (χ3v) is 6.98. The number of aliphatic carboxylic acids is 1. The highest BCUT2D eigenvalue weighted by atomic mass is 19.1. The van der Waals surface area contributed by atoms with Crippen molar-refractivity contribution in [1.29, 1.82) is 0 Å². The minimum absolute atomic E-state index is 0.148. The smallest absolute Gasteiger partial charge is 0.411 e. The molecule has 230 valence electrons. The van der Waals surface area contributed by atoms with Crippen molar-refractivity contribution in [3.63, 3.8) is 0 Å². The number of hydrogen-bond acceptors (Lipinski definition) is 5. The molecule has 0 heterocycles. The Morgan fingerprint density at radius 2 is 1.37 bits per heavy atom. The molecule has 3 aromatic rings. The van der Waals surface area contributed by atoms with Crippen LogP contribution in [0, 0.1) is 11.7 Å². The zero-order valence-electron chi connectivity index (χ0n) is 25.4. The van der Waals surface area contributed by atoms with E-state index in [0.29, 0.717) is 11.1 Å². The van der Waals surface area contributed by atoms with Crippen molar-refractivity contribution in [1.82, 2.24) is 4.90 Å². The summed E-state index contributed by atoms with van der Waals surface area (Å²) in [5.74, 6) is -4.38. The van der Waals surface area contributed by atoms with Crippen LogP contribution in [-0.4, -0.2) is 51.9 Å². The minimum atomic E-state index is -2.38. The van der Waals surface area contributed by atoms with E-state index < -0.39 is 47.2 Å². The van der Waals surface area contributed by atoms with Crippen LogP contribution in [0.1, 0.15) is 52.2 Å². The number of ether oxygens (including phenoxy) is 2. The van der Waals surface area contributed by atoms with Crippen LogP contribution in [0.25, 0.3) is 11.1 Å². The molecule has 1 N–H and O–H groups in total. The zero-order valence-corrected chi connectivity index (χ0v) is 25.4. The molecule has 0 bridgehead atoms. The third-order valence-electron chi connectivity index (χ3n) is 6.98. The van der Waals surface area contributed by atoms with Gasteiger partial charge in [-0.15, -0.1) is 0 Å². The number of nitrogens with zero attached hydrogens (tertiary/aromatic N) is 1. The van der Waals surface area contributed by atoms with Crippen LogP contribution in [0.15, 0.2) is 78.9 Å². The predicted octanol–water partition coefficient (Wildman–Crippen LogP) is 7.22. The lowest BCUT2D eigenvalue weighted by Crippen LogP contribution is -2.65. The molecule has 0 radical (unpaired) electrons. The Kier molecular flexibility index (Phi) is 10.3. The molecule has 9 heteroatoms. The van der Waals surface area contributed by atoms with Crippen molar-refractivity contribution in [2.45, 2.75) is 70.9 Å². The van der Waals surface area contributed by atoms with Crippen LogP contribution in [0.4, 0.5) is 13.6 Å². The standard InChI is InChI=1S/C34H39F2NO6/c1-32(2,3)43-31(41)37(6)34(30(39)40,22-33(4,5)36)28(29(38)42-21-24-10-8-7-9-11-24)20-23-12-14-25(15-13-23)26-16-18-27(35)19-17-26/h7-19,28H,20-22H2,1-6H3,(H,39,40)/t28-,34-/m0/s1. The van der Waals surface area contributed by atoms with Gasteiger partial charge >= 0.3 is 18.0 Å². The Morgan fingerprint density at radius 3 is 1.86 bits per heavy atom. The summed E-state index contributed by atoms with van der Waals surface area (Å²) in [6.45, 7) is 7.09. The maximum Gasteiger partial charge on any atom is 0.411 e. The van der Waals surface area contributed by atoms with Gasteiger partial charge in [-0.2, -0.15) is 0 Å². The van der Waals surface area contributed by atoms with Crippen molar-refractivity contribution in [2.75, 3.05) is 7.05 Å². The molecule has 0 aliphatic carbocycles. The topological polar surface area (TPSA) is 93.1 Å². The molecule has 3 aromatic carbocycles. The molecule has 43 heavy (non-hydrogen) atoms. The number of likely N-dealkylation sites (N-methyl/N-ethyl adjacent to an activating group) is 1. The lowest BCUT2D eigenvalue weighted by molar-refractivity contribution is -0.171. The first-order valence-corrected chi connectivity index (χ1v) is 14.0. The van der Waals surface area contributed by atoms with E-state index in [1.165, 1.54) is 33.0 Å². The summed E-state index contributed by atoms with van der Waals surface area (Å²) >= 11 is 0. The van der Waals surface area contributed by atoms with Gasteiger partial charge in [0.1, 0.15) is 23.7 Å². The van der Waals surface area contributed by atoms with Crippen molar-refractivity contribution >= 4 is 18.0 Å². The fourth-order valence-electron chi connectivity index (χ4n) is 4.97. The largest absolute Gasteiger partial charge is 0.479 e. The Balaban J connectivity index is 2.10. The molecular weight excluding hydrogens is 556 g/mol. The molecule has 0 aliphatic heterocycles. The fraction of sp³-hybridized carbons (Fsp3) is 0.382. The fourth-order valence-corrected chi connectivity index (χ4v) is 4.97. The third kappa shape index (κ3) is 8.86. The monoisotopic (exact) mass is 595 g/mol. The predicted molar refractivity (Wildman–Crippen MR) is 159 cm³/mol. The molecule has 7 nitrogen and oxygen atoms in total. The highest BCUT2D eigenvalue weighted by Gasteiger charge is 2.58. The van der Waals surface area contributed by atoms with Gasteiger partial charge in [-0.1, -0.05) is 66.7 Å². The van der Waals surface area contributed by atoms with Crippen molar-refractivity contribution in [3.05, 3.63) is 95.8 Å². The van der Waals surface area contributed by atoms with Gasteiger partial charge in [0.25, 0.3) is 0 Å². The Bertz CT molecular complexity index is 1400. The number of esters is 1. The van der Waals surface area contributed by atoms with Gasteiger partial charge in [0.2, 0.25) is 0 Å². The van der Waals surface area contributed by atoms with Crippen LogP contribution >= 0.6 is 0 Å². The van der Waals surface area contributed by atoms with Gasteiger partial charge in [0.05, 0.1) is 5.92 Å². The van der Waals surface area contributed by atoms with Gasteiger partial charge in [0, 0.05) is 13.5 Å². The van der Waals surface area contributed by atoms with E-state index in [9.17, 15) is 23.9 Å². The van der Waals surface area contributed by atoms with E-state index in [1.54, 1.807) is 87.5 Å². The molecule has 0 unspecified atom stereocenters. The molecule has 0 aliphatic rings. The zero-order chi connectivity index (χ0) is 32.0. The van der Waals surface area contributed by atoms with Crippen LogP contribution < -0.4 is 0 Å². The maximum absolute atomic E-state index is 15.5. The summed E-state index contributed by atoms with van der Waals surface area (Å²) in [6, 6.07) is 21.7. The quantitative estimate of drug-likeness (QED) is 0.235. The highest BCUT2D eigenvalue weighted by molar-refractivity contribution is 5.91. The van der Waals surface area contributed by atoms with E-state index in [0.717, 1.165) is 16.0 Å². The minimum Gasteiger partial charge on any atom is -0.479 e. The second-order valence-corrected chi connectivity index (χ2v) is 12.2. The average Bonchev–Trinajstić information content (AvgIpc) is 2.93. The maximum atomic E-state index is 15.5. The van der Waals surface area contributed by atoms with Gasteiger partial charge in [-0.05, 0) is 75.4 Å². The normalized spacial score (nSPS) is 13.9. The van der Waals surface area contributed by atoms with E-state index in [2.05, 4.69) is 0 Å². The van der Waals surface area contributed by atoms with Crippen LogP contribution in [0.2, 0.25) is 0 Å². The molecular formula is C34H39F2NO6. The molecule has 3 rings (SSSR count). The number of hydrogen-bond donors (Lipinski definition) is 1. The van der Waals surface area contributed by atoms with Crippen LogP contribution in [0.5, 0.6) is 0 Å². The summed E-state index contributed by atoms with van der Waals surface area (Å²) in [7, 11) is 1.20. The lowest BCUT2D eigenvalue weighted by atomic mass is 9.73. The Labute approximate surface area is 251 Å². The summed E-state index contributed by atoms with van der Waals surface area (Å²) < 4.78 is 40.0.